The summed E-state index contributed by atoms with van der Waals surface area (Å²) in [6.07, 6.45) is 0. The van der Waals surface area contributed by atoms with Crippen molar-refractivity contribution in [2.75, 3.05) is 13.2 Å². The van der Waals surface area contributed by atoms with E-state index in [1.165, 1.54) is 0 Å². The van der Waals surface area contributed by atoms with E-state index in [0.717, 1.165) is 11.4 Å². The Kier molecular flexibility index (Phi) is 6.32. The highest BCUT2D eigenvalue weighted by Crippen LogP contribution is 2.36. The summed E-state index contributed by atoms with van der Waals surface area (Å²) in [5.74, 6) is 0. The number of aromatic nitrogens is 1. The fourth-order valence-corrected chi connectivity index (χ4v) is 2.42. The van der Waals surface area contributed by atoms with Crippen molar-refractivity contribution in [1.82, 2.24) is 10.3 Å². The van der Waals surface area contributed by atoms with Crippen LogP contribution in [0.4, 0.5) is 0 Å². The lowest BCUT2D eigenvalue weighted by Gasteiger charge is -2.36. The summed E-state index contributed by atoms with van der Waals surface area (Å²) in [7, 11) is -1.72. The van der Waals surface area contributed by atoms with Crippen LogP contribution in [0, 0.1) is 0 Å². The van der Waals surface area contributed by atoms with Crippen molar-refractivity contribution in [2.45, 2.75) is 52.1 Å². The van der Waals surface area contributed by atoms with Crippen molar-refractivity contribution < 1.29 is 9.53 Å². The number of hydrogen-bond acceptors (Lipinski definition) is 4. The van der Waals surface area contributed by atoms with Gasteiger partial charge in [0.15, 0.2) is 8.32 Å². The first kappa shape index (κ1) is 17.3. The summed E-state index contributed by atoms with van der Waals surface area (Å²) in [5.41, 5.74) is 1.95. The molecule has 0 saturated heterocycles. The van der Waals surface area contributed by atoms with Gasteiger partial charge in [0, 0.05) is 13.1 Å². The lowest BCUT2D eigenvalue weighted by atomic mass is 10.2. The molecule has 114 valence electrons. The van der Waals surface area contributed by atoms with Gasteiger partial charge in [0.2, 0.25) is 0 Å². The number of nitrogens with zero attached hydrogens (tertiary/aromatic N) is 1. The Bertz CT molecular complexity index is 417. The van der Waals surface area contributed by atoms with E-state index in [1.54, 1.807) is 0 Å². The zero-order chi connectivity index (χ0) is 15.2. The molecule has 1 aromatic rings. The third-order valence-electron chi connectivity index (χ3n) is 3.85. The zero-order valence-corrected chi connectivity index (χ0v) is 14.4. The normalized spacial score (nSPS) is 12.7. The summed E-state index contributed by atoms with van der Waals surface area (Å²) in [6, 6.07) is 6.00. The number of nitrogens with one attached hydrogen (secondary N) is 1. The molecule has 0 atom stereocenters. The Morgan fingerprint density at radius 3 is 2.50 bits per heavy atom. The molecular formula is C15H28N2O2Si. The smallest absolute Gasteiger partial charge is 0.192 e. The lowest BCUT2D eigenvalue weighted by Crippen LogP contribution is -2.40. The van der Waals surface area contributed by atoms with E-state index in [0.29, 0.717) is 19.7 Å². The number of hydrogen-bond donors (Lipinski definition) is 2. The summed E-state index contributed by atoms with van der Waals surface area (Å²) in [6.45, 7) is 13.2. The van der Waals surface area contributed by atoms with E-state index in [2.05, 4.69) is 44.2 Å². The van der Waals surface area contributed by atoms with Gasteiger partial charge in [0.25, 0.3) is 0 Å². The number of aliphatic hydroxyl groups is 1. The SMILES string of the molecule is CC(C)(C)[Si](C)(C)OCc1cccc(CNCCO)n1. The van der Waals surface area contributed by atoms with Gasteiger partial charge in [-0.15, -0.1) is 0 Å². The topological polar surface area (TPSA) is 54.4 Å². The Labute approximate surface area is 123 Å². The van der Waals surface area contributed by atoms with Crippen molar-refractivity contribution in [1.29, 1.82) is 0 Å². The van der Waals surface area contributed by atoms with Crippen LogP contribution >= 0.6 is 0 Å². The Balaban J connectivity index is 2.58. The minimum absolute atomic E-state index is 0.147. The summed E-state index contributed by atoms with van der Waals surface area (Å²) in [4.78, 5) is 4.58. The number of pyridine rings is 1. The average molecular weight is 296 g/mol. The third-order valence-corrected chi connectivity index (χ3v) is 8.32. The zero-order valence-electron chi connectivity index (χ0n) is 13.4. The average Bonchev–Trinajstić information content (AvgIpc) is 2.36. The van der Waals surface area contributed by atoms with E-state index in [9.17, 15) is 0 Å². The van der Waals surface area contributed by atoms with Crippen LogP contribution in [0.1, 0.15) is 32.2 Å². The van der Waals surface area contributed by atoms with E-state index >= 15 is 0 Å². The quantitative estimate of drug-likeness (QED) is 0.600. The summed E-state index contributed by atoms with van der Waals surface area (Å²) in [5, 5.41) is 12.1. The maximum atomic E-state index is 8.75. The minimum Gasteiger partial charge on any atom is -0.411 e. The first-order chi connectivity index (χ1) is 9.26. The molecule has 0 aliphatic carbocycles. The largest absolute Gasteiger partial charge is 0.411 e. The van der Waals surface area contributed by atoms with Crippen molar-refractivity contribution >= 4 is 8.32 Å². The van der Waals surface area contributed by atoms with E-state index in [1.807, 2.05) is 18.2 Å². The number of rotatable bonds is 7. The van der Waals surface area contributed by atoms with E-state index < -0.39 is 8.32 Å². The maximum absolute atomic E-state index is 8.75. The molecule has 4 nitrogen and oxygen atoms in total. The molecule has 1 aromatic heterocycles. The second-order valence-electron chi connectivity index (χ2n) is 6.57. The molecule has 0 aliphatic heterocycles. The molecule has 5 heteroatoms. The molecule has 0 unspecified atom stereocenters. The lowest BCUT2D eigenvalue weighted by molar-refractivity contribution is 0.271. The molecule has 0 spiro atoms. The van der Waals surface area contributed by atoms with Crippen LogP contribution in [0.5, 0.6) is 0 Å². The van der Waals surface area contributed by atoms with Gasteiger partial charge in [-0.2, -0.15) is 0 Å². The molecular weight excluding hydrogens is 268 g/mol. The predicted molar refractivity (Wildman–Crippen MR) is 85.0 cm³/mol. The van der Waals surface area contributed by atoms with E-state index in [4.69, 9.17) is 9.53 Å². The minimum atomic E-state index is -1.72. The van der Waals surface area contributed by atoms with Crippen molar-refractivity contribution in [3.8, 4) is 0 Å². The maximum Gasteiger partial charge on any atom is 0.192 e. The molecule has 0 aliphatic rings. The Morgan fingerprint density at radius 1 is 1.25 bits per heavy atom. The monoisotopic (exact) mass is 296 g/mol. The molecule has 1 rings (SSSR count). The van der Waals surface area contributed by atoms with Crippen molar-refractivity contribution in [2.24, 2.45) is 0 Å². The van der Waals surface area contributed by atoms with Gasteiger partial charge in [-0.1, -0.05) is 26.8 Å². The Morgan fingerprint density at radius 2 is 1.90 bits per heavy atom. The summed E-state index contributed by atoms with van der Waals surface area (Å²) < 4.78 is 6.18. The second-order valence-corrected chi connectivity index (χ2v) is 11.4. The van der Waals surface area contributed by atoms with Crippen LogP contribution in [0.25, 0.3) is 0 Å². The van der Waals surface area contributed by atoms with Crippen LogP contribution < -0.4 is 5.32 Å². The molecule has 0 saturated carbocycles. The van der Waals surface area contributed by atoms with Crippen molar-refractivity contribution in [3.63, 3.8) is 0 Å². The molecule has 0 radical (unpaired) electrons. The molecule has 0 fully saturated rings. The first-order valence-electron chi connectivity index (χ1n) is 7.16. The predicted octanol–water partition coefficient (Wildman–Crippen LogP) is 2.69. The van der Waals surface area contributed by atoms with Gasteiger partial charge >= 0.3 is 0 Å². The number of aliphatic hydroxyl groups excluding tert-OH is 1. The standard InChI is InChI=1S/C15H28N2O2Si/c1-15(2,3)20(4,5)19-12-14-8-6-7-13(17-14)11-16-9-10-18/h6-8,16,18H,9-12H2,1-5H3. The van der Waals surface area contributed by atoms with Crippen LogP contribution in [0.2, 0.25) is 18.1 Å². The molecule has 2 N–H and O–H groups in total. The highest BCUT2D eigenvalue weighted by atomic mass is 28.4. The van der Waals surface area contributed by atoms with Crippen LogP contribution in [-0.4, -0.2) is 31.6 Å². The van der Waals surface area contributed by atoms with Gasteiger partial charge in [0.05, 0.1) is 24.6 Å². The summed E-state index contributed by atoms with van der Waals surface area (Å²) >= 11 is 0. The van der Waals surface area contributed by atoms with E-state index in [-0.39, 0.29) is 11.6 Å². The van der Waals surface area contributed by atoms with Gasteiger partial charge in [-0.25, -0.2) is 0 Å². The highest BCUT2D eigenvalue weighted by Gasteiger charge is 2.37. The first-order valence-corrected chi connectivity index (χ1v) is 10.1. The molecule has 20 heavy (non-hydrogen) atoms. The highest BCUT2D eigenvalue weighted by molar-refractivity contribution is 6.74. The third kappa shape index (κ3) is 5.32. The van der Waals surface area contributed by atoms with Crippen molar-refractivity contribution in [3.05, 3.63) is 29.6 Å². The molecule has 0 bridgehead atoms. The van der Waals surface area contributed by atoms with Crippen LogP contribution in [0.15, 0.2) is 18.2 Å². The molecule has 1 heterocycles. The Hall–Kier alpha value is -0.753. The fraction of sp³-hybridized carbons (Fsp3) is 0.667. The molecule has 0 amide bonds. The van der Waals surface area contributed by atoms with Gasteiger partial charge in [0.1, 0.15) is 0 Å². The van der Waals surface area contributed by atoms with Gasteiger partial charge in [-0.3, -0.25) is 4.98 Å². The van der Waals surface area contributed by atoms with Gasteiger partial charge in [-0.05, 0) is 30.3 Å². The van der Waals surface area contributed by atoms with Crippen LogP contribution in [-0.2, 0) is 17.6 Å². The molecule has 0 aromatic carbocycles. The second kappa shape index (κ2) is 7.31. The van der Waals surface area contributed by atoms with Gasteiger partial charge < -0.3 is 14.8 Å². The fourth-order valence-electron chi connectivity index (χ4n) is 1.47. The van der Waals surface area contributed by atoms with Crippen LogP contribution in [0.3, 0.4) is 0 Å².